The molecule has 0 atom stereocenters. The molecular weight excluding hydrogens is 426 g/mol. The Morgan fingerprint density at radius 2 is 1.58 bits per heavy atom. The van der Waals surface area contributed by atoms with E-state index >= 15 is 0 Å². The van der Waals surface area contributed by atoms with E-state index < -0.39 is 0 Å². The average Bonchev–Trinajstić information content (AvgIpc) is 3.12. The Kier molecular flexibility index (Phi) is 7.63. The van der Waals surface area contributed by atoms with Gasteiger partial charge in [-0.2, -0.15) is 0 Å². The second kappa shape index (κ2) is 10.8. The number of aromatic nitrogens is 3. The Morgan fingerprint density at radius 3 is 2.24 bits per heavy atom. The van der Waals surface area contributed by atoms with Gasteiger partial charge in [-0.25, -0.2) is 4.98 Å². The van der Waals surface area contributed by atoms with E-state index in [2.05, 4.69) is 79.7 Å². The highest BCUT2D eigenvalue weighted by Gasteiger charge is 2.21. The summed E-state index contributed by atoms with van der Waals surface area (Å²) in [6.45, 7) is 10.5. The lowest BCUT2D eigenvalue weighted by Crippen LogP contribution is -2.08. The van der Waals surface area contributed by atoms with Gasteiger partial charge in [0.25, 0.3) is 0 Å². The molecule has 33 heavy (non-hydrogen) atoms. The maximum absolute atomic E-state index is 6.12. The Labute approximate surface area is 201 Å². The molecule has 2 heterocycles. The summed E-state index contributed by atoms with van der Waals surface area (Å²) in [5.74, 6) is 1.27. The highest BCUT2D eigenvalue weighted by Crippen LogP contribution is 2.36. The molecule has 0 N–H and O–H groups in total. The van der Waals surface area contributed by atoms with E-state index in [9.17, 15) is 0 Å². The van der Waals surface area contributed by atoms with Crippen LogP contribution < -0.4 is 0 Å². The number of rotatable bonds is 9. The first-order chi connectivity index (χ1) is 16.0. The molecule has 0 saturated heterocycles. The second-order valence-corrected chi connectivity index (χ2v) is 9.78. The van der Waals surface area contributed by atoms with Crippen LogP contribution in [0.5, 0.6) is 0 Å². The quantitative estimate of drug-likeness (QED) is 0.273. The van der Waals surface area contributed by atoms with Crippen LogP contribution in [0.2, 0.25) is 0 Å². The third-order valence-corrected chi connectivity index (χ3v) is 6.51. The normalized spacial score (nSPS) is 11.3. The number of pyridine rings is 1. The summed E-state index contributed by atoms with van der Waals surface area (Å²) in [4.78, 5) is 10.5. The molecule has 4 rings (SSSR count). The minimum absolute atomic E-state index is 0.310. The van der Waals surface area contributed by atoms with Crippen molar-refractivity contribution in [2.75, 3.05) is 0 Å². The summed E-state index contributed by atoms with van der Waals surface area (Å²) in [7, 11) is 0. The van der Waals surface area contributed by atoms with Gasteiger partial charge in [-0.05, 0) is 66.3 Å². The zero-order chi connectivity index (χ0) is 23.2. The number of imidazole rings is 1. The van der Waals surface area contributed by atoms with Crippen molar-refractivity contribution in [1.82, 2.24) is 14.5 Å². The molecule has 0 fully saturated rings. The van der Waals surface area contributed by atoms with Crippen LogP contribution in [0.3, 0.4) is 0 Å². The number of hydrogen-bond donors (Lipinski definition) is 0. The monoisotopic (exact) mass is 457 g/mol. The maximum atomic E-state index is 6.12. The first kappa shape index (κ1) is 23.3. The van der Waals surface area contributed by atoms with Gasteiger partial charge in [0.1, 0.15) is 17.5 Å². The van der Waals surface area contributed by atoms with Crippen LogP contribution in [0.1, 0.15) is 53.5 Å². The zero-order valence-electron chi connectivity index (χ0n) is 19.8. The van der Waals surface area contributed by atoms with Crippen LogP contribution in [0.4, 0.5) is 0 Å². The van der Waals surface area contributed by atoms with Crippen molar-refractivity contribution < 1.29 is 4.74 Å². The Balaban J connectivity index is 1.68. The fourth-order valence-electron chi connectivity index (χ4n) is 3.87. The van der Waals surface area contributed by atoms with Crippen LogP contribution in [0.15, 0.2) is 83.0 Å². The minimum Gasteiger partial charge on any atom is -0.369 e. The third kappa shape index (κ3) is 6.12. The van der Waals surface area contributed by atoms with Crippen molar-refractivity contribution in [3.8, 4) is 0 Å². The highest BCUT2D eigenvalue weighted by atomic mass is 32.2. The topological polar surface area (TPSA) is 39.9 Å². The first-order valence-electron chi connectivity index (χ1n) is 11.4. The van der Waals surface area contributed by atoms with Crippen LogP contribution in [-0.4, -0.2) is 14.5 Å². The number of benzene rings is 2. The molecule has 0 aliphatic heterocycles. The Morgan fingerprint density at radius 1 is 0.879 bits per heavy atom. The van der Waals surface area contributed by atoms with Crippen LogP contribution in [0.25, 0.3) is 0 Å². The van der Waals surface area contributed by atoms with Crippen molar-refractivity contribution in [3.05, 3.63) is 107 Å². The molecular formula is C28H31N3OS. The molecule has 0 radical (unpaired) electrons. The highest BCUT2D eigenvalue weighted by molar-refractivity contribution is 7.99. The molecule has 0 amide bonds. The van der Waals surface area contributed by atoms with Crippen molar-refractivity contribution >= 4 is 11.8 Å². The summed E-state index contributed by atoms with van der Waals surface area (Å²) >= 11 is 1.80. The standard InChI is InChI=1S/C28H31N3OS/c1-20(2)27-28(33-25-15-21(3)14-22(4)16-25)31(17-23-10-12-29-13-11-23)26(30-27)19-32-18-24-8-6-5-7-9-24/h5-16,20H,17-19H2,1-4H3. The lowest BCUT2D eigenvalue weighted by Gasteiger charge is -2.14. The van der Waals surface area contributed by atoms with Gasteiger partial charge in [-0.15, -0.1) is 0 Å². The fraction of sp³-hybridized carbons (Fsp3) is 0.286. The summed E-state index contributed by atoms with van der Waals surface area (Å²) in [6.07, 6.45) is 3.69. The molecule has 2 aromatic carbocycles. The lowest BCUT2D eigenvalue weighted by molar-refractivity contribution is 0.0991. The first-order valence-corrected chi connectivity index (χ1v) is 12.2. The SMILES string of the molecule is Cc1cc(C)cc(Sc2c(C(C)C)nc(COCc3ccccc3)n2Cc2ccncc2)c1. The van der Waals surface area contributed by atoms with Gasteiger partial charge in [0.2, 0.25) is 0 Å². The van der Waals surface area contributed by atoms with Crippen molar-refractivity contribution in [3.63, 3.8) is 0 Å². The van der Waals surface area contributed by atoms with Crippen molar-refractivity contribution in [2.45, 2.75) is 63.3 Å². The molecule has 5 heteroatoms. The second-order valence-electron chi connectivity index (χ2n) is 8.72. The van der Waals surface area contributed by atoms with Gasteiger partial charge in [0.05, 0.1) is 18.8 Å². The third-order valence-electron chi connectivity index (χ3n) is 5.41. The van der Waals surface area contributed by atoms with E-state index in [-0.39, 0.29) is 0 Å². The molecule has 4 nitrogen and oxygen atoms in total. The molecule has 0 unspecified atom stereocenters. The maximum Gasteiger partial charge on any atom is 0.136 e. The Bertz CT molecular complexity index is 1170. The smallest absolute Gasteiger partial charge is 0.136 e. The molecule has 0 saturated carbocycles. The van der Waals surface area contributed by atoms with E-state index in [1.165, 1.54) is 32.2 Å². The molecule has 0 spiro atoms. The predicted molar refractivity (Wildman–Crippen MR) is 135 cm³/mol. The summed E-state index contributed by atoms with van der Waals surface area (Å²) in [5.41, 5.74) is 6.03. The van der Waals surface area contributed by atoms with Crippen molar-refractivity contribution in [1.29, 1.82) is 0 Å². The zero-order valence-corrected chi connectivity index (χ0v) is 20.6. The Hall–Kier alpha value is -2.89. The molecule has 4 aromatic rings. The largest absolute Gasteiger partial charge is 0.369 e. The number of ether oxygens (including phenoxy) is 1. The number of nitrogens with zero attached hydrogens (tertiary/aromatic N) is 3. The van der Waals surface area contributed by atoms with E-state index in [1.54, 1.807) is 11.8 Å². The van der Waals surface area contributed by atoms with Gasteiger partial charge in [-0.1, -0.05) is 62.0 Å². The van der Waals surface area contributed by atoms with E-state index in [0.29, 0.717) is 19.1 Å². The lowest BCUT2D eigenvalue weighted by atomic mass is 10.1. The molecule has 0 bridgehead atoms. The van der Waals surface area contributed by atoms with Gasteiger partial charge in [0.15, 0.2) is 0 Å². The minimum atomic E-state index is 0.310. The summed E-state index contributed by atoms with van der Waals surface area (Å²) in [5, 5.41) is 1.19. The van der Waals surface area contributed by atoms with E-state index in [0.717, 1.165) is 18.1 Å². The number of hydrogen-bond acceptors (Lipinski definition) is 4. The van der Waals surface area contributed by atoms with Gasteiger partial charge in [-0.3, -0.25) is 4.98 Å². The fourth-order valence-corrected chi connectivity index (χ4v) is 5.25. The molecule has 2 aromatic heterocycles. The molecule has 0 aliphatic rings. The van der Waals surface area contributed by atoms with Gasteiger partial charge >= 0.3 is 0 Å². The summed E-state index contributed by atoms with van der Waals surface area (Å²) < 4.78 is 8.43. The number of aryl methyl sites for hydroxylation is 2. The molecule has 0 aliphatic carbocycles. The van der Waals surface area contributed by atoms with Crippen LogP contribution >= 0.6 is 11.8 Å². The van der Waals surface area contributed by atoms with Crippen molar-refractivity contribution in [2.24, 2.45) is 0 Å². The van der Waals surface area contributed by atoms with E-state index in [1.807, 2.05) is 30.6 Å². The average molecular weight is 458 g/mol. The van der Waals surface area contributed by atoms with Gasteiger partial charge < -0.3 is 9.30 Å². The van der Waals surface area contributed by atoms with Gasteiger partial charge in [0, 0.05) is 17.3 Å². The summed E-state index contributed by atoms with van der Waals surface area (Å²) in [6, 6.07) is 21.1. The van der Waals surface area contributed by atoms with E-state index in [4.69, 9.17) is 9.72 Å². The van der Waals surface area contributed by atoms with Crippen LogP contribution in [0, 0.1) is 13.8 Å². The molecule has 170 valence electrons. The van der Waals surface area contributed by atoms with Crippen LogP contribution in [-0.2, 0) is 24.5 Å². The predicted octanol–water partition coefficient (Wildman–Crippen LogP) is 6.93.